The van der Waals surface area contributed by atoms with Crippen molar-refractivity contribution >= 4 is 15.9 Å². The van der Waals surface area contributed by atoms with Crippen molar-refractivity contribution in [2.45, 2.75) is 0 Å². The lowest BCUT2D eigenvalue weighted by Gasteiger charge is -2.13. The summed E-state index contributed by atoms with van der Waals surface area (Å²) >= 11 is 3.35. The summed E-state index contributed by atoms with van der Waals surface area (Å²) in [7, 11) is 0. The normalized spacial score (nSPS) is 19.4. The molecule has 0 bridgehead atoms. The molecule has 0 atom stereocenters. The molecule has 1 aliphatic rings. The van der Waals surface area contributed by atoms with Crippen molar-refractivity contribution in [3.63, 3.8) is 0 Å². The summed E-state index contributed by atoms with van der Waals surface area (Å²) in [6.45, 7) is 1.89. The van der Waals surface area contributed by atoms with E-state index in [4.69, 9.17) is 0 Å². The molecule has 3 heteroatoms. The molecule has 1 aliphatic heterocycles. The van der Waals surface area contributed by atoms with Gasteiger partial charge in [0.1, 0.15) is 0 Å². The molecule has 0 aliphatic carbocycles. The summed E-state index contributed by atoms with van der Waals surface area (Å²) in [5.41, 5.74) is 1.28. The molecule has 46 valence electrons. The summed E-state index contributed by atoms with van der Waals surface area (Å²) in [5, 5.41) is 7.25. The maximum Gasteiger partial charge on any atom is 0.0652 e. The van der Waals surface area contributed by atoms with Crippen LogP contribution in [0.2, 0.25) is 0 Å². The Labute approximate surface area is 57.5 Å². The summed E-state index contributed by atoms with van der Waals surface area (Å²) in [4.78, 5) is 0. The van der Waals surface area contributed by atoms with Crippen LogP contribution >= 0.6 is 15.9 Å². The number of nitrogens with one attached hydrogen (secondary N) is 2. The van der Waals surface area contributed by atoms with E-state index in [1.807, 2.05) is 0 Å². The van der Waals surface area contributed by atoms with Gasteiger partial charge in [0.15, 0.2) is 0 Å². The standard InChI is InChI=1S/C5H9BrN2/c6-3-5-1-2-7-4-8-5/h1,7-8H,2-4H2. The Morgan fingerprint density at radius 2 is 2.62 bits per heavy atom. The van der Waals surface area contributed by atoms with Crippen molar-refractivity contribution in [2.75, 3.05) is 18.5 Å². The molecule has 1 rings (SSSR count). The van der Waals surface area contributed by atoms with Crippen molar-refractivity contribution in [3.8, 4) is 0 Å². The van der Waals surface area contributed by atoms with Gasteiger partial charge >= 0.3 is 0 Å². The fourth-order valence-electron chi connectivity index (χ4n) is 0.618. The van der Waals surface area contributed by atoms with Gasteiger partial charge in [-0.25, -0.2) is 0 Å². The predicted molar refractivity (Wildman–Crippen MR) is 37.9 cm³/mol. The van der Waals surface area contributed by atoms with Gasteiger partial charge in [0.05, 0.1) is 6.67 Å². The zero-order valence-electron chi connectivity index (χ0n) is 4.58. The molecule has 0 saturated carbocycles. The molecule has 0 spiro atoms. The topological polar surface area (TPSA) is 24.1 Å². The van der Waals surface area contributed by atoms with Crippen LogP contribution in [0.5, 0.6) is 0 Å². The fourth-order valence-corrected chi connectivity index (χ4v) is 1.04. The average molecular weight is 177 g/mol. The molecule has 0 radical (unpaired) electrons. The van der Waals surface area contributed by atoms with Crippen molar-refractivity contribution < 1.29 is 0 Å². The minimum Gasteiger partial charge on any atom is -0.375 e. The lowest BCUT2D eigenvalue weighted by molar-refractivity contribution is 0.641. The molecular formula is C5H9BrN2. The van der Waals surface area contributed by atoms with Crippen LogP contribution in [-0.4, -0.2) is 18.5 Å². The third kappa shape index (κ3) is 1.49. The van der Waals surface area contributed by atoms with Gasteiger partial charge < -0.3 is 5.32 Å². The molecule has 0 aromatic rings. The van der Waals surface area contributed by atoms with Crippen molar-refractivity contribution in [2.24, 2.45) is 0 Å². The highest BCUT2D eigenvalue weighted by Gasteiger charge is 1.96. The summed E-state index contributed by atoms with van der Waals surface area (Å²) < 4.78 is 0. The van der Waals surface area contributed by atoms with Crippen LogP contribution in [0.3, 0.4) is 0 Å². The average Bonchev–Trinajstić information content (AvgIpc) is 1.90. The third-order valence-electron chi connectivity index (χ3n) is 1.08. The molecule has 0 amide bonds. The molecule has 0 saturated heterocycles. The highest BCUT2D eigenvalue weighted by atomic mass is 79.9. The van der Waals surface area contributed by atoms with Crippen LogP contribution in [0.25, 0.3) is 0 Å². The van der Waals surface area contributed by atoms with E-state index in [9.17, 15) is 0 Å². The molecule has 8 heavy (non-hydrogen) atoms. The Bertz CT molecular complexity index is 101. The Morgan fingerprint density at radius 1 is 1.75 bits per heavy atom. The zero-order chi connectivity index (χ0) is 5.82. The number of alkyl halides is 1. The van der Waals surface area contributed by atoms with E-state index in [0.717, 1.165) is 18.5 Å². The summed E-state index contributed by atoms with van der Waals surface area (Å²) in [6.07, 6.45) is 2.14. The lowest BCUT2D eigenvalue weighted by Crippen LogP contribution is -2.34. The molecule has 2 nitrogen and oxygen atoms in total. The fraction of sp³-hybridized carbons (Fsp3) is 0.600. The molecular weight excluding hydrogens is 168 g/mol. The van der Waals surface area contributed by atoms with Crippen LogP contribution in [0.15, 0.2) is 11.8 Å². The number of halogens is 1. The van der Waals surface area contributed by atoms with Gasteiger partial charge in [-0.1, -0.05) is 22.0 Å². The van der Waals surface area contributed by atoms with Crippen LogP contribution in [0.1, 0.15) is 0 Å². The van der Waals surface area contributed by atoms with E-state index in [1.165, 1.54) is 5.70 Å². The number of rotatable bonds is 1. The first-order valence-corrected chi connectivity index (χ1v) is 3.75. The molecule has 0 unspecified atom stereocenters. The second kappa shape index (κ2) is 3.10. The quantitative estimate of drug-likeness (QED) is 0.567. The van der Waals surface area contributed by atoms with Crippen molar-refractivity contribution in [1.29, 1.82) is 0 Å². The van der Waals surface area contributed by atoms with E-state index in [2.05, 4.69) is 32.6 Å². The van der Waals surface area contributed by atoms with E-state index in [-0.39, 0.29) is 0 Å². The van der Waals surface area contributed by atoms with Crippen LogP contribution in [0.4, 0.5) is 0 Å². The van der Waals surface area contributed by atoms with Gasteiger partial charge in [-0.2, -0.15) is 0 Å². The Hall–Kier alpha value is -0.0200. The largest absolute Gasteiger partial charge is 0.375 e. The smallest absolute Gasteiger partial charge is 0.0652 e. The minimum absolute atomic E-state index is 0.900. The van der Waals surface area contributed by atoms with Gasteiger partial charge in [0.2, 0.25) is 0 Å². The van der Waals surface area contributed by atoms with E-state index in [1.54, 1.807) is 0 Å². The zero-order valence-corrected chi connectivity index (χ0v) is 6.16. The Morgan fingerprint density at radius 3 is 3.00 bits per heavy atom. The van der Waals surface area contributed by atoms with E-state index in [0.29, 0.717) is 0 Å². The van der Waals surface area contributed by atoms with Crippen LogP contribution < -0.4 is 10.6 Å². The van der Waals surface area contributed by atoms with Gasteiger partial charge in [-0.3, -0.25) is 5.32 Å². The predicted octanol–water partition coefficient (Wildman–Crippen LogP) is 0.415. The maximum absolute atomic E-state index is 3.35. The maximum atomic E-state index is 3.35. The number of hydrogen-bond donors (Lipinski definition) is 2. The SMILES string of the molecule is BrCC1=CCNCN1. The molecule has 1 heterocycles. The van der Waals surface area contributed by atoms with Crippen LogP contribution in [0, 0.1) is 0 Å². The molecule has 0 aromatic heterocycles. The molecule has 0 aromatic carbocycles. The molecule has 2 N–H and O–H groups in total. The van der Waals surface area contributed by atoms with Gasteiger partial charge in [0.25, 0.3) is 0 Å². The van der Waals surface area contributed by atoms with E-state index >= 15 is 0 Å². The molecule has 0 fully saturated rings. The number of allylic oxidation sites excluding steroid dienone is 1. The first-order valence-electron chi connectivity index (χ1n) is 2.63. The second-order valence-electron chi connectivity index (χ2n) is 1.67. The third-order valence-corrected chi connectivity index (χ3v) is 1.68. The van der Waals surface area contributed by atoms with E-state index < -0.39 is 0 Å². The van der Waals surface area contributed by atoms with Crippen molar-refractivity contribution in [1.82, 2.24) is 10.6 Å². The summed E-state index contributed by atoms with van der Waals surface area (Å²) in [5.74, 6) is 0. The Kier molecular flexibility index (Phi) is 2.36. The number of hydrogen-bond acceptors (Lipinski definition) is 2. The van der Waals surface area contributed by atoms with Gasteiger partial charge in [0, 0.05) is 17.6 Å². The lowest BCUT2D eigenvalue weighted by atomic mass is 10.4. The first-order chi connectivity index (χ1) is 3.93. The summed E-state index contributed by atoms with van der Waals surface area (Å²) in [6, 6.07) is 0. The minimum atomic E-state index is 0.900. The monoisotopic (exact) mass is 176 g/mol. The van der Waals surface area contributed by atoms with Crippen molar-refractivity contribution in [3.05, 3.63) is 11.8 Å². The Balaban J connectivity index is 2.37. The van der Waals surface area contributed by atoms with Gasteiger partial charge in [-0.05, 0) is 0 Å². The first kappa shape index (κ1) is 6.11. The van der Waals surface area contributed by atoms with Crippen LogP contribution in [-0.2, 0) is 0 Å². The second-order valence-corrected chi connectivity index (χ2v) is 2.23. The highest BCUT2D eigenvalue weighted by Crippen LogP contribution is 1.95. The highest BCUT2D eigenvalue weighted by molar-refractivity contribution is 9.09. The van der Waals surface area contributed by atoms with Gasteiger partial charge in [-0.15, -0.1) is 0 Å².